The Morgan fingerprint density at radius 3 is 2.93 bits per heavy atom. The number of hydrogen-bond donors (Lipinski definition) is 0. The van der Waals surface area contributed by atoms with Crippen molar-refractivity contribution >= 4 is 11.9 Å². The highest BCUT2D eigenvalue weighted by molar-refractivity contribution is 5.80. The first-order chi connectivity index (χ1) is 7.19. The first-order valence-corrected chi connectivity index (χ1v) is 4.91. The summed E-state index contributed by atoms with van der Waals surface area (Å²) in [5.41, 5.74) is 0. The molecule has 5 nitrogen and oxygen atoms in total. The zero-order valence-electron chi connectivity index (χ0n) is 8.73. The van der Waals surface area contributed by atoms with Crippen LogP contribution >= 0.6 is 0 Å². The number of piperidine rings is 1. The predicted molar refractivity (Wildman–Crippen MR) is 51.6 cm³/mol. The third kappa shape index (κ3) is 2.94. The Hall–Kier alpha value is -1.57. The smallest absolute Gasteiger partial charge is 0.310 e. The second-order valence-electron chi connectivity index (χ2n) is 3.54. The molecule has 15 heavy (non-hydrogen) atoms. The number of likely N-dealkylation sites (tertiary alicyclic amines) is 1. The Labute approximate surface area is 88.6 Å². The Balaban J connectivity index is 2.53. The Kier molecular flexibility index (Phi) is 4.10. The zero-order chi connectivity index (χ0) is 11.3. The molecule has 1 rings (SSSR count). The number of esters is 1. The fraction of sp³-hybridized carbons (Fsp3) is 0.700. The predicted octanol–water partition coefficient (Wildman–Crippen LogP) is 0.312. The van der Waals surface area contributed by atoms with E-state index in [0.717, 1.165) is 12.8 Å². The van der Waals surface area contributed by atoms with E-state index in [9.17, 15) is 9.59 Å². The van der Waals surface area contributed by atoms with Crippen LogP contribution in [-0.4, -0.2) is 37.0 Å². The van der Waals surface area contributed by atoms with E-state index in [1.807, 2.05) is 6.07 Å². The highest BCUT2D eigenvalue weighted by Gasteiger charge is 2.28. The lowest BCUT2D eigenvalue weighted by Gasteiger charge is -2.30. The van der Waals surface area contributed by atoms with Crippen LogP contribution in [0.5, 0.6) is 0 Å². The summed E-state index contributed by atoms with van der Waals surface area (Å²) >= 11 is 0. The van der Waals surface area contributed by atoms with Crippen molar-refractivity contribution in [2.45, 2.75) is 19.3 Å². The van der Waals surface area contributed by atoms with Gasteiger partial charge in [-0.1, -0.05) is 0 Å². The Morgan fingerprint density at radius 2 is 2.33 bits per heavy atom. The van der Waals surface area contributed by atoms with Crippen LogP contribution in [0.3, 0.4) is 0 Å². The van der Waals surface area contributed by atoms with Gasteiger partial charge in [0, 0.05) is 13.1 Å². The largest absolute Gasteiger partial charge is 0.469 e. The molecule has 0 aromatic rings. The molecule has 1 amide bonds. The summed E-state index contributed by atoms with van der Waals surface area (Å²) in [6, 6.07) is 1.82. The zero-order valence-corrected chi connectivity index (χ0v) is 8.73. The molecule has 0 aliphatic carbocycles. The van der Waals surface area contributed by atoms with Gasteiger partial charge in [0.1, 0.15) is 6.42 Å². The van der Waals surface area contributed by atoms with Crippen LogP contribution in [0.4, 0.5) is 0 Å². The standard InChI is InChI=1S/C10H14N2O3/c1-15-10(14)8-3-2-6-12(7-8)9(13)4-5-11/h8H,2-4,6-7H2,1H3. The third-order valence-electron chi connectivity index (χ3n) is 2.54. The quantitative estimate of drug-likeness (QED) is 0.615. The minimum Gasteiger partial charge on any atom is -0.469 e. The van der Waals surface area contributed by atoms with Crippen LogP contribution in [0.1, 0.15) is 19.3 Å². The topological polar surface area (TPSA) is 70.4 Å². The molecule has 0 aromatic heterocycles. The Morgan fingerprint density at radius 1 is 1.60 bits per heavy atom. The summed E-state index contributed by atoms with van der Waals surface area (Å²) < 4.78 is 4.64. The summed E-state index contributed by atoms with van der Waals surface area (Å²) in [7, 11) is 1.35. The number of hydrogen-bond acceptors (Lipinski definition) is 4. The second-order valence-corrected chi connectivity index (χ2v) is 3.54. The van der Waals surface area contributed by atoms with Crippen molar-refractivity contribution in [1.29, 1.82) is 5.26 Å². The maximum absolute atomic E-state index is 11.4. The maximum atomic E-state index is 11.4. The molecule has 0 bridgehead atoms. The van der Waals surface area contributed by atoms with Crippen LogP contribution in [0.2, 0.25) is 0 Å². The minimum absolute atomic E-state index is 0.117. The number of carbonyl (C=O) groups excluding carboxylic acids is 2. The number of carbonyl (C=O) groups is 2. The van der Waals surface area contributed by atoms with Gasteiger partial charge in [0.15, 0.2) is 0 Å². The van der Waals surface area contributed by atoms with Gasteiger partial charge in [0.05, 0.1) is 19.1 Å². The molecular formula is C10H14N2O3. The number of rotatable bonds is 2. The van der Waals surface area contributed by atoms with Gasteiger partial charge in [-0.3, -0.25) is 9.59 Å². The van der Waals surface area contributed by atoms with Gasteiger partial charge in [-0.25, -0.2) is 0 Å². The van der Waals surface area contributed by atoms with Crippen molar-refractivity contribution in [3.8, 4) is 6.07 Å². The molecule has 1 fully saturated rings. The van der Waals surface area contributed by atoms with E-state index in [4.69, 9.17) is 5.26 Å². The number of nitriles is 1. The molecule has 0 aromatic carbocycles. The van der Waals surface area contributed by atoms with Crippen LogP contribution in [0.25, 0.3) is 0 Å². The molecule has 1 aliphatic heterocycles. The lowest BCUT2D eigenvalue weighted by Crippen LogP contribution is -2.42. The van der Waals surface area contributed by atoms with E-state index >= 15 is 0 Å². The monoisotopic (exact) mass is 210 g/mol. The summed E-state index contributed by atoms with van der Waals surface area (Å²) in [4.78, 5) is 24.2. The second kappa shape index (κ2) is 5.35. The summed E-state index contributed by atoms with van der Waals surface area (Å²) in [6.45, 7) is 1.02. The van der Waals surface area contributed by atoms with Crippen molar-refractivity contribution < 1.29 is 14.3 Å². The molecule has 0 radical (unpaired) electrons. The van der Waals surface area contributed by atoms with E-state index < -0.39 is 0 Å². The fourth-order valence-electron chi connectivity index (χ4n) is 1.74. The molecule has 1 saturated heterocycles. The highest BCUT2D eigenvalue weighted by atomic mass is 16.5. The molecule has 0 spiro atoms. The van der Waals surface area contributed by atoms with E-state index in [2.05, 4.69) is 4.74 Å². The van der Waals surface area contributed by atoms with Gasteiger partial charge in [-0.05, 0) is 12.8 Å². The average Bonchev–Trinajstić information content (AvgIpc) is 2.28. The lowest BCUT2D eigenvalue weighted by molar-refractivity contribution is -0.148. The summed E-state index contributed by atoms with van der Waals surface area (Å²) in [6.07, 6.45) is 1.42. The van der Waals surface area contributed by atoms with Gasteiger partial charge in [0.2, 0.25) is 5.91 Å². The SMILES string of the molecule is COC(=O)C1CCCN(C(=O)CC#N)C1. The van der Waals surface area contributed by atoms with Gasteiger partial charge in [-0.15, -0.1) is 0 Å². The van der Waals surface area contributed by atoms with E-state index in [0.29, 0.717) is 13.1 Å². The first kappa shape index (κ1) is 11.5. The van der Waals surface area contributed by atoms with E-state index in [1.165, 1.54) is 7.11 Å². The van der Waals surface area contributed by atoms with Gasteiger partial charge in [-0.2, -0.15) is 5.26 Å². The number of methoxy groups -OCH3 is 1. The third-order valence-corrected chi connectivity index (χ3v) is 2.54. The number of nitrogens with zero attached hydrogens (tertiary/aromatic N) is 2. The lowest BCUT2D eigenvalue weighted by atomic mass is 9.98. The van der Waals surface area contributed by atoms with Crippen LogP contribution in [-0.2, 0) is 14.3 Å². The summed E-state index contributed by atoms with van der Waals surface area (Å²) in [5.74, 6) is -0.707. The van der Waals surface area contributed by atoms with Gasteiger partial charge >= 0.3 is 5.97 Å². The molecule has 0 saturated carbocycles. The molecule has 1 aliphatic rings. The van der Waals surface area contributed by atoms with E-state index in [1.54, 1.807) is 4.90 Å². The fourth-order valence-corrected chi connectivity index (χ4v) is 1.74. The molecule has 1 atom stereocenters. The van der Waals surface area contributed by atoms with Gasteiger partial charge < -0.3 is 9.64 Å². The number of amides is 1. The molecule has 1 unspecified atom stereocenters. The molecule has 5 heteroatoms. The average molecular weight is 210 g/mol. The van der Waals surface area contributed by atoms with E-state index in [-0.39, 0.29) is 24.2 Å². The van der Waals surface area contributed by atoms with Crippen molar-refractivity contribution in [2.75, 3.05) is 20.2 Å². The molecule has 0 N–H and O–H groups in total. The molecule has 82 valence electrons. The van der Waals surface area contributed by atoms with Crippen molar-refractivity contribution in [1.82, 2.24) is 4.90 Å². The molecular weight excluding hydrogens is 196 g/mol. The highest BCUT2D eigenvalue weighted by Crippen LogP contribution is 2.18. The van der Waals surface area contributed by atoms with Gasteiger partial charge in [0.25, 0.3) is 0 Å². The van der Waals surface area contributed by atoms with Crippen molar-refractivity contribution in [2.24, 2.45) is 5.92 Å². The Bertz CT molecular complexity index is 296. The molecule has 1 heterocycles. The van der Waals surface area contributed by atoms with Crippen LogP contribution < -0.4 is 0 Å². The first-order valence-electron chi connectivity index (χ1n) is 4.91. The number of ether oxygens (including phenoxy) is 1. The normalized spacial score (nSPS) is 20.5. The van der Waals surface area contributed by atoms with Crippen LogP contribution in [0.15, 0.2) is 0 Å². The minimum atomic E-state index is -0.274. The van der Waals surface area contributed by atoms with Crippen molar-refractivity contribution in [3.05, 3.63) is 0 Å². The summed E-state index contributed by atoms with van der Waals surface area (Å²) in [5, 5.41) is 8.40. The van der Waals surface area contributed by atoms with Crippen molar-refractivity contribution in [3.63, 3.8) is 0 Å². The van der Waals surface area contributed by atoms with Crippen LogP contribution in [0, 0.1) is 17.2 Å². The maximum Gasteiger partial charge on any atom is 0.310 e.